The summed E-state index contributed by atoms with van der Waals surface area (Å²) in [6.07, 6.45) is -3.20. The zero-order valence-corrected chi connectivity index (χ0v) is 12.5. The van der Waals surface area contributed by atoms with Crippen molar-refractivity contribution in [2.24, 2.45) is 0 Å². The quantitative estimate of drug-likeness (QED) is 0.731. The molecule has 1 aromatic rings. The zero-order chi connectivity index (χ0) is 17.3. The molecule has 126 valence electrons. The summed E-state index contributed by atoms with van der Waals surface area (Å²) in [6, 6.07) is 0.737. The maximum absolute atomic E-state index is 12.5. The number of carbonyl (C=O) groups excluding carboxylic acids is 1. The van der Waals surface area contributed by atoms with Gasteiger partial charge in [0.1, 0.15) is 11.4 Å². The van der Waals surface area contributed by atoms with E-state index in [9.17, 15) is 22.8 Å². The Hall–Kier alpha value is -2.03. The largest absolute Gasteiger partial charge is 0.480 e. The highest BCUT2D eigenvalue weighted by Crippen LogP contribution is 2.35. The van der Waals surface area contributed by atoms with Crippen molar-refractivity contribution in [3.05, 3.63) is 22.8 Å². The number of aliphatic carboxylic acids is 1. The lowest BCUT2D eigenvalue weighted by molar-refractivity contribution is -0.143. The maximum atomic E-state index is 12.5. The van der Waals surface area contributed by atoms with Crippen LogP contribution in [-0.4, -0.2) is 34.1 Å². The average Bonchev–Trinajstić information content (AvgIpc) is 3.20. The van der Waals surface area contributed by atoms with Crippen LogP contribution >= 0.6 is 11.6 Å². The molecular weight excluding hydrogens is 339 g/mol. The molecule has 0 unspecified atom stereocenters. The summed E-state index contributed by atoms with van der Waals surface area (Å²) in [7, 11) is 0. The molecule has 10 heteroatoms. The fourth-order valence-electron chi connectivity index (χ4n) is 1.86. The number of nitrogens with zero attached hydrogens (tertiary/aromatic N) is 1. The lowest BCUT2D eigenvalue weighted by Crippen LogP contribution is -2.43. The maximum Gasteiger partial charge on any atom is 0.417 e. The van der Waals surface area contributed by atoms with E-state index >= 15 is 0 Å². The first-order valence-electron chi connectivity index (χ1n) is 6.65. The minimum atomic E-state index is -4.54. The lowest BCUT2D eigenvalue weighted by Gasteiger charge is -2.13. The van der Waals surface area contributed by atoms with Crippen LogP contribution in [0.4, 0.5) is 19.0 Å². The van der Waals surface area contributed by atoms with Gasteiger partial charge < -0.3 is 15.7 Å². The van der Waals surface area contributed by atoms with Crippen molar-refractivity contribution >= 4 is 29.3 Å². The first kappa shape index (κ1) is 17.3. The summed E-state index contributed by atoms with van der Waals surface area (Å²) < 4.78 is 37.4. The number of carboxylic acids is 1. The molecule has 0 aromatic carbocycles. The molecule has 3 N–H and O–H groups in total. The Kier molecular flexibility index (Phi) is 4.69. The van der Waals surface area contributed by atoms with Crippen molar-refractivity contribution in [1.29, 1.82) is 0 Å². The van der Waals surface area contributed by atoms with Gasteiger partial charge in [0.2, 0.25) is 5.91 Å². The minimum Gasteiger partial charge on any atom is -0.480 e. The highest BCUT2D eigenvalue weighted by Gasteiger charge is 2.51. The standard InChI is InChI=1S/C13H13ClF3N3O3/c14-8-5-7(13(15,16)17)6-19-10(8)18-4-1-9(21)20-12(2-3-12)11(22)23/h5-6H,1-4H2,(H,18,19)(H,20,21)(H,22,23). The van der Waals surface area contributed by atoms with Gasteiger partial charge >= 0.3 is 12.1 Å². The van der Waals surface area contributed by atoms with Crippen LogP contribution in [0.5, 0.6) is 0 Å². The van der Waals surface area contributed by atoms with Crippen molar-refractivity contribution in [3.63, 3.8) is 0 Å². The van der Waals surface area contributed by atoms with Crippen molar-refractivity contribution < 1.29 is 27.9 Å². The second-order valence-corrected chi connectivity index (χ2v) is 5.57. The van der Waals surface area contributed by atoms with E-state index in [0.29, 0.717) is 19.0 Å². The van der Waals surface area contributed by atoms with Gasteiger partial charge in [-0.2, -0.15) is 13.2 Å². The number of hydrogen-bond acceptors (Lipinski definition) is 4. The molecular formula is C13H13ClF3N3O3. The molecule has 23 heavy (non-hydrogen) atoms. The van der Waals surface area contributed by atoms with Crippen LogP contribution in [0.15, 0.2) is 12.3 Å². The van der Waals surface area contributed by atoms with Gasteiger partial charge in [-0.25, -0.2) is 9.78 Å². The van der Waals surface area contributed by atoms with Crippen molar-refractivity contribution in [2.75, 3.05) is 11.9 Å². The Balaban J connectivity index is 1.85. The Bertz CT molecular complexity index is 633. The minimum absolute atomic E-state index is 0.0202. The zero-order valence-electron chi connectivity index (χ0n) is 11.7. The molecule has 0 spiro atoms. The molecule has 1 aliphatic rings. The average molecular weight is 352 g/mol. The highest BCUT2D eigenvalue weighted by atomic mass is 35.5. The van der Waals surface area contributed by atoms with E-state index in [4.69, 9.17) is 16.7 Å². The van der Waals surface area contributed by atoms with E-state index < -0.39 is 29.2 Å². The smallest absolute Gasteiger partial charge is 0.417 e. The number of alkyl halides is 3. The van der Waals surface area contributed by atoms with Gasteiger partial charge in [0.15, 0.2) is 0 Å². The Morgan fingerprint density at radius 3 is 2.52 bits per heavy atom. The normalized spacial score (nSPS) is 15.8. The molecule has 6 nitrogen and oxygen atoms in total. The van der Waals surface area contributed by atoms with Crippen molar-refractivity contribution in [1.82, 2.24) is 10.3 Å². The van der Waals surface area contributed by atoms with E-state index in [1.807, 2.05) is 0 Å². The van der Waals surface area contributed by atoms with Crippen molar-refractivity contribution in [2.45, 2.75) is 31.0 Å². The predicted octanol–water partition coefficient (Wildman–Crippen LogP) is 2.29. The molecule has 0 atom stereocenters. The van der Waals surface area contributed by atoms with Gasteiger partial charge in [-0.15, -0.1) is 0 Å². The van der Waals surface area contributed by atoms with Crippen LogP contribution in [-0.2, 0) is 15.8 Å². The number of anilines is 1. The summed E-state index contributed by atoms with van der Waals surface area (Å²) in [4.78, 5) is 26.1. The van der Waals surface area contributed by atoms with E-state index in [1.165, 1.54) is 0 Å². The van der Waals surface area contributed by atoms with E-state index in [0.717, 1.165) is 6.07 Å². The van der Waals surface area contributed by atoms with Crippen LogP contribution in [0.2, 0.25) is 5.02 Å². The molecule has 2 rings (SSSR count). The lowest BCUT2D eigenvalue weighted by atomic mass is 10.2. The number of pyridine rings is 1. The second kappa shape index (κ2) is 6.23. The number of rotatable bonds is 6. The predicted molar refractivity (Wildman–Crippen MR) is 75.1 cm³/mol. The Labute approximate surface area is 134 Å². The molecule has 0 aliphatic heterocycles. The fraction of sp³-hybridized carbons (Fsp3) is 0.462. The van der Waals surface area contributed by atoms with Gasteiger partial charge in [0.05, 0.1) is 10.6 Å². The van der Waals surface area contributed by atoms with E-state index in [2.05, 4.69) is 15.6 Å². The number of nitrogens with one attached hydrogen (secondary N) is 2. The monoisotopic (exact) mass is 351 g/mol. The summed E-state index contributed by atoms with van der Waals surface area (Å²) in [5, 5.41) is 13.8. The number of hydrogen-bond donors (Lipinski definition) is 3. The number of amides is 1. The van der Waals surface area contributed by atoms with Gasteiger partial charge in [0.25, 0.3) is 0 Å². The van der Waals surface area contributed by atoms with E-state index in [1.54, 1.807) is 0 Å². The molecule has 1 saturated carbocycles. The summed E-state index contributed by atoms with van der Waals surface area (Å²) in [6.45, 7) is 0.0552. The van der Waals surface area contributed by atoms with Gasteiger partial charge in [0, 0.05) is 19.2 Å². The first-order chi connectivity index (χ1) is 10.6. The van der Waals surface area contributed by atoms with E-state index in [-0.39, 0.29) is 23.8 Å². The number of halogens is 4. The summed E-state index contributed by atoms with van der Waals surface area (Å²) in [5.74, 6) is -1.53. The SMILES string of the molecule is O=C(CCNc1ncc(C(F)(F)F)cc1Cl)NC1(C(=O)O)CC1. The molecule has 0 radical (unpaired) electrons. The van der Waals surface area contributed by atoms with Gasteiger partial charge in [-0.1, -0.05) is 11.6 Å². The molecule has 0 saturated heterocycles. The number of aromatic nitrogens is 1. The first-order valence-corrected chi connectivity index (χ1v) is 7.03. The van der Waals surface area contributed by atoms with Crippen molar-refractivity contribution in [3.8, 4) is 0 Å². The Morgan fingerprint density at radius 1 is 1.39 bits per heavy atom. The summed E-state index contributed by atoms with van der Waals surface area (Å²) in [5.41, 5.74) is -2.13. The van der Waals surface area contributed by atoms with Crippen LogP contribution < -0.4 is 10.6 Å². The highest BCUT2D eigenvalue weighted by molar-refractivity contribution is 6.32. The molecule has 1 aromatic heterocycles. The third-order valence-corrected chi connectivity index (χ3v) is 3.64. The number of carboxylic acid groups (broad SMARTS) is 1. The van der Waals surface area contributed by atoms with Crippen LogP contribution in [0.1, 0.15) is 24.8 Å². The molecule has 1 amide bonds. The van der Waals surface area contributed by atoms with Crippen LogP contribution in [0.25, 0.3) is 0 Å². The Morgan fingerprint density at radius 2 is 2.04 bits per heavy atom. The van der Waals surface area contributed by atoms with Gasteiger partial charge in [-0.3, -0.25) is 4.79 Å². The molecule has 1 fully saturated rings. The summed E-state index contributed by atoms with van der Waals surface area (Å²) >= 11 is 5.71. The van der Waals surface area contributed by atoms with Gasteiger partial charge in [-0.05, 0) is 18.9 Å². The number of carbonyl (C=O) groups is 2. The third kappa shape index (κ3) is 4.25. The molecule has 0 bridgehead atoms. The topological polar surface area (TPSA) is 91.3 Å². The van der Waals surface area contributed by atoms with Crippen LogP contribution in [0, 0.1) is 0 Å². The third-order valence-electron chi connectivity index (χ3n) is 3.35. The molecule has 1 heterocycles. The van der Waals surface area contributed by atoms with Crippen LogP contribution in [0.3, 0.4) is 0 Å². The second-order valence-electron chi connectivity index (χ2n) is 5.16. The molecule has 1 aliphatic carbocycles. The fourth-order valence-corrected chi connectivity index (χ4v) is 2.10.